The molecule has 2 N–H and O–H groups in total. The number of hydrogen-bond acceptors (Lipinski definition) is 3. The van der Waals surface area contributed by atoms with E-state index in [2.05, 4.69) is 49.6 Å². The van der Waals surface area contributed by atoms with E-state index in [1.54, 1.807) is 0 Å². The molecule has 0 aliphatic carbocycles. The van der Waals surface area contributed by atoms with E-state index in [-0.39, 0.29) is 0 Å². The van der Waals surface area contributed by atoms with E-state index in [1.807, 2.05) is 6.92 Å². The van der Waals surface area contributed by atoms with Crippen molar-refractivity contribution in [3.05, 3.63) is 52.5 Å². The number of fused-ring (bicyclic) bond motifs is 1. The molecule has 3 aromatic rings. The Morgan fingerprint density at radius 1 is 1.04 bits per heavy atom. The summed E-state index contributed by atoms with van der Waals surface area (Å²) < 4.78 is 2.19. The van der Waals surface area contributed by atoms with Crippen molar-refractivity contribution < 1.29 is 0 Å². The van der Waals surface area contributed by atoms with Gasteiger partial charge in [0.2, 0.25) is 0 Å². The number of aryl methyl sites for hydroxylation is 4. The minimum absolute atomic E-state index is 0.675. The van der Waals surface area contributed by atoms with Crippen molar-refractivity contribution in [3.8, 4) is 5.69 Å². The van der Waals surface area contributed by atoms with Crippen LogP contribution in [0.1, 0.15) is 35.1 Å². The molecule has 120 valence electrons. The van der Waals surface area contributed by atoms with Crippen molar-refractivity contribution in [1.29, 1.82) is 0 Å². The second-order valence-corrected chi connectivity index (χ2v) is 6.12. The van der Waals surface area contributed by atoms with E-state index in [0.29, 0.717) is 6.54 Å². The number of nitrogens with zero attached hydrogens (tertiary/aromatic N) is 3. The number of benzene rings is 1. The van der Waals surface area contributed by atoms with Gasteiger partial charge < -0.3 is 5.73 Å². The van der Waals surface area contributed by atoms with Gasteiger partial charge in [-0.15, -0.1) is 0 Å². The van der Waals surface area contributed by atoms with Crippen LogP contribution in [-0.4, -0.2) is 21.1 Å². The highest BCUT2D eigenvalue weighted by Crippen LogP contribution is 2.25. The monoisotopic (exact) mass is 308 g/mol. The van der Waals surface area contributed by atoms with E-state index >= 15 is 0 Å². The Balaban J connectivity index is 2.24. The molecule has 0 amide bonds. The third kappa shape index (κ3) is 2.75. The minimum Gasteiger partial charge on any atom is -0.330 e. The predicted octanol–water partition coefficient (Wildman–Crippen LogP) is 3.41. The first kappa shape index (κ1) is 15.7. The Morgan fingerprint density at radius 3 is 2.48 bits per heavy atom. The van der Waals surface area contributed by atoms with Gasteiger partial charge in [0.25, 0.3) is 0 Å². The maximum atomic E-state index is 5.69. The van der Waals surface area contributed by atoms with E-state index in [4.69, 9.17) is 15.7 Å². The van der Waals surface area contributed by atoms with Crippen molar-refractivity contribution in [2.75, 3.05) is 6.54 Å². The maximum absolute atomic E-state index is 5.69. The summed E-state index contributed by atoms with van der Waals surface area (Å²) in [6.45, 7) is 9.08. The lowest BCUT2D eigenvalue weighted by atomic mass is 10.0. The van der Waals surface area contributed by atoms with Crippen LogP contribution < -0.4 is 5.73 Å². The van der Waals surface area contributed by atoms with Gasteiger partial charge in [0.1, 0.15) is 11.3 Å². The Hall–Kier alpha value is -2.20. The molecule has 0 unspecified atom stereocenters. The Morgan fingerprint density at radius 2 is 1.83 bits per heavy atom. The molecule has 0 radical (unpaired) electrons. The van der Waals surface area contributed by atoms with Crippen LogP contribution >= 0.6 is 0 Å². The fraction of sp³-hybridized carbons (Fsp3) is 0.368. The van der Waals surface area contributed by atoms with Crippen LogP contribution in [0, 0.1) is 20.8 Å². The van der Waals surface area contributed by atoms with Crippen LogP contribution in [0.4, 0.5) is 0 Å². The Bertz CT molecular complexity index is 861. The molecule has 0 bridgehead atoms. The molecule has 0 fully saturated rings. The first-order chi connectivity index (χ1) is 11.0. The molecule has 23 heavy (non-hydrogen) atoms. The van der Waals surface area contributed by atoms with E-state index in [0.717, 1.165) is 41.2 Å². The van der Waals surface area contributed by atoms with Crippen LogP contribution in [0.5, 0.6) is 0 Å². The van der Waals surface area contributed by atoms with Gasteiger partial charge in [-0.2, -0.15) is 0 Å². The fourth-order valence-electron chi connectivity index (χ4n) is 3.17. The number of rotatable bonds is 4. The van der Waals surface area contributed by atoms with Gasteiger partial charge in [-0.3, -0.25) is 4.57 Å². The molecule has 4 heteroatoms. The number of hydrogen-bond donors (Lipinski definition) is 1. The highest BCUT2D eigenvalue weighted by molar-refractivity contribution is 5.78. The first-order valence-electron chi connectivity index (χ1n) is 8.20. The Kier molecular flexibility index (Phi) is 4.18. The highest BCUT2D eigenvalue weighted by atomic mass is 15.1. The molecule has 0 aliphatic heterocycles. The van der Waals surface area contributed by atoms with Crippen molar-refractivity contribution in [2.45, 2.75) is 40.5 Å². The Labute approximate surface area is 137 Å². The summed E-state index contributed by atoms with van der Waals surface area (Å²) in [5.74, 6) is 1.05. The molecular formula is C19H24N4. The van der Waals surface area contributed by atoms with Crippen LogP contribution in [0.15, 0.2) is 24.3 Å². The predicted molar refractivity (Wildman–Crippen MR) is 95.2 cm³/mol. The van der Waals surface area contributed by atoms with Crippen molar-refractivity contribution in [2.24, 2.45) is 5.73 Å². The lowest BCUT2D eigenvalue weighted by molar-refractivity contribution is 0.895. The van der Waals surface area contributed by atoms with E-state index in [1.165, 1.54) is 16.7 Å². The topological polar surface area (TPSA) is 56.7 Å². The lowest BCUT2D eigenvalue weighted by Crippen LogP contribution is -2.06. The van der Waals surface area contributed by atoms with Crippen LogP contribution in [0.25, 0.3) is 16.9 Å². The fourth-order valence-corrected chi connectivity index (χ4v) is 3.17. The highest BCUT2D eigenvalue weighted by Gasteiger charge is 2.15. The molecular weight excluding hydrogens is 284 g/mol. The molecule has 1 aromatic carbocycles. The van der Waals surface area contributed by atoms with Gasteiger partial charge in [-0.1, -0.05) is 13.0 Å². The number of pyridine rings is 1. The van der Waals surface area contributed by atoms with Gasteiger partial charge in [-0.05, 0) is 68.6 Å². The number of nitrogens with two attached hydrogens (primary N) is 1. The zero-order valence-corrected chi connectivity index (χ0v) is 14.3. The lowest BCUT2D eigenvalue weighted by Gasteiger charge is -2.11. The summed E-state index contributed by atoms with van der Waals surface area (Å²) in [7, 11) is 0. The number of imidazole rings is 1. The maximum Gasteiger partial charge on any atom is 0.165 e. The normalized spacial score (nSPS) is 11.3. The summed E-state index contributed by atoms with van der Waals surface area (Å²) in [4.78, 5) is 9.57. The third-order valence-electron chi connectivity index (χ3n) is 4.32. The number of aromatic nitrogens is 3. The first-order valence-corrected chi connectivity index (χ1v) is 8.20. The van der Waals surface area contributed by atoms with Crippen LogP contribution in [0.2, 0.25) is 0 Å². The second-order valence-electron chi connectivity index (χ2n) is 6.12. The smallest absolute Gasteiger partial charge is 0.165 e. The largest absolute Gasteiger partial charge is 0.330 e. The van der Waals surface area contributed by atoms with Gasteiger partial charge in [0.15, 0.2) is 5.65 Å². The third-order valence-corrected chi connectivity index (χ3v) is 4.32. The molecule has 4 nitrogen and oxygen atoms in total. The average molecular weight is 308 g/mol. The molecule has 2 heterocycles. The minimum atomic E-state index is 0.675. The zero-order valence-electron chi connectivity index (χ0n) is 14.3. The van der Waals surface area contributed by atoms with Gasteiger partial charge in [0, 0.05) is 17.8 Å². The summed E-state index contributed by atoms with van der Waals surface area (Å²) in [5.41, 5.74) is 13.5. The molecule has 0 spiro atoms. The molecule has 0 atom stereocenters. The van der Waals surface area contributed by atoms with Crippen LogP contribution in [-0.2, 0) is 12.8 Å². The standard InChI is InChI=1S/C19H24N4/c1-5-17-22-18-13(3)10-14(4)21-19(18)23(17)16-7-6-15(8-9-20)12(2)11-16/h6-7,10-11H,5,8-9,20H2,1-4H3. The van der Waals surface area contributed by atoms with Crippen molar-refractivity contribution >= 4 is 11.2 Å². The summed E-state index contributed by atoms with van der Waals surface area (Å²) in [6, 6.07) is 8.63. The summed E-state index contributed by atoms with van der Waals surface area (Å²) in [5, 5.41) is 0. The average Bonchev–Trinajstić information content (AvgIpc) is 2.88. The van der Waals surface area contributed by atoms with E-state index < -0.39 is 0 Å². The molecule has 0 aliphatic rings. The molecule has 3 rings (SSSR count). The van der Waals surface area contributed by atoms with Gasteiger partial charge in [0.05, 0.1) is 0 Å². The van der Waals surface area contributed by atoms with Crippen molar-refractivity contribution in [3.63, 3.8) is 0 Å². The van der Waals surface area contributed by atoms with E-state index in [9.17, 15) is 0 Å². The molecule has 2 aromatic heterocycles. The second kappa shape index (κ2) is 6.13. The summed E-state index contributed by atoms with van der Waals surface area (Å²) in [6.07, 6.45) is 1.78. The zero-order chi connectivity index (χ0) is 16.6. The quantitative estimate of drug-likeness (QED) is 0.803. The summed E-state index contributed by atoms with van der Waals surface area (Å²) >= 11 is 0. The molecule has 0 saturated carbocycles. The van der Waals surface area contributed by atoms with Gasteiger partial charge >= 0.3 is 0 Å². The van der Waals surface area contributed by atoms with Crippen molar-refractivity contribution in [1.82, 2.24) is 14.5 Å². The van der Waals surface area contributed by atoms with Gasteiger partial charge in [-0.25, -0.2) is 9.97 Å². The SMILES string of the molecule is CCc1nc2c(C)cc(C)nc2n1-c1ccc(CCN)c(C)c1. The molecule has 0 saturated heterocycles. The van der Waals surface area contributed by atoms with Crippen LogP contribution in [0.3, 0.4) is 0 Å².